The molecular weight excluding hydrogens is 238 g/mol. The van der Waals surface area contributed by atoms with Crippen molar-refractivity contribution in [2.75, 3.05) is 12.3 Å². The van der Waals surface area contributed by atoms with E-state index < -0.39 is 0 Å². The molecule has 0 saturated carbocycles. The highest BCUT2D eigenvalue weighted by Crippen LogP contribution is 2.27. The van der Waals surface area contributed by atoms with Crippen LogP contribution >= 0.6 is 0 Å². The van der Waals surface area contributed by atoms with Crippen molar-refractivity contribution in [3.05, 3.63) is 35.7 Å². The summed E-state index contributed by atoms with van der Waals surface area (Å²) in [4.78, 5) is 8.85. The van der Waals surface area contributed by atoms with E-state index in [1.165, 1.54) is 0 Å². The maximum absolute atomic E-state index is 5.95. The molecule has 0 unspecified atom stereocenters. The Morgan fingerprint density at radius 2 is 2.00 bits per heavy atom. The molecule has 1 aromatic carbocycles. The molecule has 2 N–H and O–H groups in total. The summed E-state index contributed by atoms with van der Waals surface area (Å²) in [6.45, 7) is 6.58. The van der Waals surface area contributed by atoms with Gasteiger partial charge >= 0.3 is 0 Å². The van der Waals surface area contributed by atoms with E-state index in [4.69, 9.17) is 10.5 Å². The number of hydrogen-bond donors (Lipinski definition) is 1. The van der Waals surface area contributed by atoms with Gasteiger partial charge in [-0.25, -0.2) is 9.97 Å². The molecule has 4 nitrogen and oxygen atoms in total. The molecule has 0 amide bonds. The summed E-state index contributed by atoms with van der Waals surface area (Å²) in [6, 6.07) is 7.89. The number of aromatic nitrogens is 2. The molecule has 0 saturated heterocycles. The molecule has 2 aromatic rings. The second-order valence-corrected chi connectivity index (χ2v) is 4.31. The average Bonchev–Trinajstić information content (AvgIpc) is 2.42. The molecule has 0 aliphatic rings. The van der Waals surface area contributed by atoms with Crippen molar-refractivity contribution in [1.29, 1.82) is 0 Å². The predicted octanol–water partition coefficient (Wildman–Crippen LogP) is 3.00. The molecule has 1 heterocycles. The summed E-state index contributed by atoms with van der Waals surface area (Å²) in [6.07, 6.45) is 0.766. The molecule has 0 aliphatic heterocycles. The first-order valence-corrected chi connectivity index (χ1v) is 6.52. The Morgan fingerprint density at radius 1 is 1.21 bits per heavy atom. The summed E-state index contributed by atoms with van der Waals surface area (Å²) in [5.41, 5.74) is 8.74. The van der Waals surface area contributed by atoms with Gasteiger partial charge in [-0.2, -0.15) is 0 Å². The smallest absolute Gasteiger partial charge is 0.131 e. The Hall–Kier alpha value is -2.10. The molecule has 0 fully saturated rings. The molecule has 4 heteroatoms. The van der Waals surface area contributed by atoms with Crippen molar-refractivity contribution < 1.29 is 4.74 Å². The predicted molar refractivity (Wildman–Crippen MR) is 77.2 cm³/mol. The highest BCUT2D eigenvalue weighted by molar-refractivity contribution is 5.68. The maximum Gasteiger partial charge on any atom is 0.131 e. The number of nitrogens with two attached hydrogens (primary N) is 1. The first kappa shape index (κ1) is 13.3. The van der Waals surface area contributed by atoms with Crippen LogP contribution in [0.1, 0.15) is 25.2 Å². The Labute approximate surface area is 113 Å². The van der Waals surface area contributed by atoms with Gasteiger partial charge in [0.15, 0.2) is 0 Å². The van der Waals surface area contributed by atoms with Crippen molar-refractivity contribution in [3.8, 4) is 17.0 Å². The Balaban J connectivity index is 2.51. The van der Waals surface area contributed by atoms with Gasteiger partial charge in [-0.1, -0.05) is 19.1 Å². The van der Waals surface area contributed by atoms with E-state index in [-0.39, 0.29) is 0 Å². The Kier molecular flexibility index (Phi) is 4.00. The monoisotopic (exact) mass is 257 g/mol. The van der Waals surface area contributed by atoms with Crippen LogP contribution in [-0.4, -0.2) is 16.6 Å². The average molecular weight is 257 g/mol. The van der Waals surface area contributed by atoms with Gasteiger partial charge in [-0.05, 0) is 26.0 Å². The van der Waals surface area contributed by atoms with Gasteiger partial charge < -0.3 is 10.5 Å². The first-order chi connectivity index (χ1) is 9.15. The minimum absolute atomic E-state index is 0.545. The van der Waals surface area contributed by atoms with Gasteiger partial charge in [0.2, 0.25) is 0 Å². The van der Waals surface area contributed by atoms with Gasteiger partial charge in [0.25, 0.3) is 0 Å². The van der Waals surface area contributed by atoms with Crippen molar-refractivity contribution in [3.63, 3.8) is 0 Å². The molecular formula is C15H19N3O. The van der Waals surface area contributed by atoms with Crippen LogP contribution in [-0.2, 0) is 6.42 Å². The fourth-order valence-corrected chi connectivity index (χ4v) is 1.92. The van der Waals surface area contributed by atoms with E-state index in [2.05, 4.69) is 9.97 Å². The lowest BCUT2D eigenvalue weighted by molar-refractivity contribution is 0.340. The van der Waals surface area contributed by atoms with Gasteiger partial charge in [0.05, 0.1) is 12.3 Å². The Bertz CT molecular complexity index is 582. The highest BCUT2D eigenvalue weighted by Gasteiger charge is 2.10. The fraction of sp³-hybridized carbons (Fsp3) is 0.333. The van der Waals surface area contributed by atoms with Crippen LogP contribution in [0.25, 0.3) is 11.3 Å². The minimum atomic E-state index is 0.545. The van der Waals surface area contributed by atoms with E-state index in [1.54, 1.807) is 0 Å². The SMILES string of the molecule is CCOc1cccc(-c2nc(CC)nc(N)c2C)c1. The molecule has 0 bridgehead atoms. The topological polar surface area (TPSA) is 61.0 Å². The lowest BCUT2D eigenvalue weighted by atomic mass is 10.1. The summed E-state index contributed by atoms with van der Waals surface area (Å²) < 4.78 is 5.52. The van der Waals surface area contributed by atoms with Crippen LogP contribution < -0.4 is 10.5 Å². The standard InChI is InChI=1S/C15H19N3O/c1-4-13-17-14(10(3)15(16)18-13)11-7-6-8-12(9-11)19-5-2/h6-9H,4-5H2,1-3H3,(H2,16,17,18). The number of rotatable bonds is 4. The maximum atomic E-state index is 5.95. The zero-order valence-electron chi connectivity index (χ0n) is 11.6. The molecule has 0 aliphatic carbocycles. The van der Waals surface area contributed by atoms with Crippen LogP contribution in [0.4, 0.5) is 5.82 Å². The molecule has 0 spiro atoms. The first-order valence-electron chi connectivity index (χ1n) is 6.52. The summed E-state index contributed by atoms with van der Waals surface area (Å²) in [7, 11) is 0. The van der Waals surface area contributed by atoms with Crippen LogP contribution in [0.2, 0.25) is 0 Å². The summed E-state index contributed by atoms with van der Waals surface area (Å²) >= 11 is 0. The molecule has 100 valence electrons. The summed E-state index contributed by atoms with van der Waals surface area (Å²) in [5.74, 6) is 2.15. The number of ether oxygens (including phenoxy) is 1. The van der Waals surface area contributed by atoms with Gasteiger partial charge in [0.1, 0.15) is 17.4 Å². The fourth-order valence-electron chi connectivity index (χ4n) is 1.92. The normalized spacial score (nSPS) is 10.5. The Morgan fingerprint density at radius 3 is 2.68 bits per heavy atom. The number of hydrogen-bond acceptors (Lipinski definition) is 4. The van der Waals surface area contributed by atoms with Crippen LogP contribution in [0.3, 0.4) is 0 Å². The molecule has 0 atom stereocenters. The highest BCUT2D eigenvalue weighted by atomic mass is 16.5. The number of benzene rings is 1. The van der Waals surface area contributed by atoms with Crippen molar-refractivity contribution in [1.82, 2.24) is 9.97 Å². The quantitative estimate of drug-likeness (QED) is 0.914. The van der Waals surface area contributed by atoms with Crippen LogP contribution in [0.5, 0.6) is 5.75 Å². The van der Waals surface area contributed by atoms with E-state index in [0.717, 1.165) is 34.8 Å². The van der Waals surface area contributed by atoms with E-state index in [0.29, 0.717) is 12.4 Å². The molecule has 19 heavy (non-hydrogen) atoms. The second kappa shape index (κ2) is 5.69. The third-order valence-corrected chi connectivity index (χ3v) is 2.96. The van der Waals surface area contributed by atoms with Gasteiger partial charge in [-0.3, -0.25) is 0 Å². The van der Waals surface area contributed by atoms with Gasteiger partial charge in [-0.15, -0.1) is 0 Å². The lowest BCUT2D eigenvalue weighted by Crippen LogP contribution is -2.04. The molecule has 2 rings (SSSR count). The third kappa shape index (κ3) is 2.84. The van der Waals surface area contributed by atoms with Crippen molar-refractivity contribution >= 4 is 5.82 Å². The van der Waals surface area contributed by atoms with Crippen molar-refractivity contribution in [2.24, 2.45) is 0 Å². The lowest BCUT2D eigenvalue weighted by Gasteiger charge is -2.11. The van der Waals surface area contributed by atoms with Crippen LogP contribution in [0.15, 0.2) is 24.3 Å². The van der Waals surface area contributed by atoms with E-state index >= 15 is 0 Å². The summed E-state index contributed by atoms with van der Waals surface area (Å²) in [5, 5.41) is 0. The molecule has 1 aromatic heterocycles. The zero-order chi connectivity index (χ0) is 13.8. The second-order valence-electron chi connectivity index (χ2n) is 4.31. The van der Waals surface area contributed by atoms with Crippen molar-refractivity contribution in [2.45, 2.75) is 27.2 Å². The zero-order valence-corrected chi connectivity index (χ0v) is 11.6. The number of aryl methyl sites for hydroxylation is 1. The minimum Gasteiger partial charge on any atom is -0.494 e. The number of nitrogen functional groups attached to an aromatic ring is 1. The number of anilines is 1. The molecule has 0 radical (unpaired) electrons. The number of nitrogens with zero attached hydrogens (tertiary/aromatic N) is 2. The van der Waals surface area contributed by atoms with E-state index in [1.807, 2.05) is 45.0 Å². The van der Waals surface area contributed by atoms with Crippen LogP contribution in [0, 0.1) is 6.92 Å². The third-order valence-electron chi connectivity index (χ3n) is 2.96. The van der Waals surface area contributed by atoms with E-state index in [9.17, 15) is 0 Å². The van der Waals surface area contributed by atoms with Gasteiger partial charge in [0, 0.05) is 17.5 Å². The largest absolute Gasteiger partial charge is 0.494 e.